The third-order valence-electron chi connectivity index (χ3n) is 6.00. The zero-order valence-corrected chi connectivity index (χ0v) is 16.3. The largest absolute Gasteiger partial charge is 0.388 e. The van der Waals surface area contributed by atoms with E-state index in [0.29, 0.717) is 12.3 Å². The maximum atomic E-state index is 12.3. The van der Waals surface area contributed by atoms with Gasteiger partial charge in [-0.05, 0) is 42.9 Å². The predicted molar refractivity (Wildman–Crippen MR) is 107 cm³/mol. The molecule has 0 spiro atoms. The SMILES string of the molecule is CCCCCCC1C(=O)NC(=O)N1c1ccc(C(O)C2CCCCC2)cc1. The molecule has 3 amide bonds. The minimum atomic E-state index is -0.446. The van der Waals surface area contributed by atoms with Crippen molar-refractivity contribution in [1.29, 1.82) is 0 Å². The summed E-state index contributed by atoms with van der Waals surface area (Å²) in [5.74, 6) is 0.121. The standard InChI is InChI=1S/C22H32N2O3/c1-2-3-4-8-11-19-21(26)23-22(27)24(19)18-14-12-17(13-15-18)20(25)16-9-6-5-7-10-16/h12-16,19-20,25H,2-11H2,1H3,(H,23,26,27). The molecule has 148 valence electrons. The van der Waals surface area contributed by atoms with E-state index in [1.54, 1.807) is 4.90 Å². The number of unbranched alkanes of at least 4 members (excludes halogenated alkanes) is 3. The van der Waals surface area contributed by atoms with Gasteiger partial charge in [0.25, 0.3) is 5.91 Å². The highest BCUT2D eigenvalue weighted by atomic mass is 16.3. The van der Waals surface area contributed by atoms with Crippen molar-refractivity contribution in [2.24, 2.45) is 5.92 Å². The summed E-state index contributed by atoms with van der Waals surface area (Å²) in [6.07, 6.45) is 10.3. The van der Waals surface area contributed by atoms with Crippen molar-refractivity contribution in [2.45, 2.75) is 83.3 Å². The van der Waals surface area contributed by atoms with Crippen LogP contribution in [-0.4, -0.2) is 23.1 Å². The van der Waals surface area contributed by atoms with Gasteiger partial charge < -0.3 is 5.11 Å². The van der Waals surface area contributed by atoms with E-state index < -0.39 is 12.1 Å². The number of amides is 3. The molecular weight excluding hydrogens is 340 g/mol. The number of nitrogens with zero attached hydrogens (tertiary/aromatic N) is 1. The maximum Gasteiger partial charge on any atom is 0.329 e. The van der Waals surface area contributed by atoms with Gasteiger partial charge in [0.05, 0.1) is 6.10 Å². The van der Waals surface area contributed by atoms with Crippen LogP contribution in [0.15, 0.2) is 24.3 Å². The van der Waals surface area contributed by atoms with Crippen molar-refractivity contribution < 1.29 is 14.7 Å². The monoisotopic (exact) mass is 372 g/mol. The molecule has 0 bridgehead atoms. The van der Waals surface area contributed by atoms with Gasteiger partial charge in [-0.15, -0.1) is 0 Å². The van der Waals surface area contributed by atoms with Gasteiger partial charge >= 0.3 is 6.03 Å². The molecule has 5 nitrogen and oxygen atoms in total. The Morgan fingerprint density at radius 2 is 1.78 bits per heavy atom. The molecule has 1 aliphatic carbocycles. The summed E-state index contributed by atoms with van der Waals surface area (Å²) < 4.78 is 0. The molecule has 2 atom stereocenters. The lowest BCUT2D eigenvalue weighted by Crippen LogP contribution is -2.35. The van der Waals surface area contributed by atoms with E-state index in [1.807, 2.05) is 24.3 Å². The van der Waals surface area contributed by atoms with Crippen LogP contribution in [0.3, 0.4) is 0 Å². The number of hydrogen-bond donors (Lipinski definition) is 2. The molecule has 1 aliphatic heterocycles. The number of benzene rings is 1. The molecule has 1 saturated carbocycles. The molecule has 3 rings (SSSR count). The fourth-order valence-electron chi connectivity index (χ4n) is 4.38. The molecule has 2 unspecified atom stereocenters. The first-order valence-electron chi connectivity index (χ1n) is 10.5. The number of hydrogen-bond acceptors (Lipinski definition) is 3. The summed E-state index contributed by atoms with van der Waals surface area (Å²) in [7, 11) is 0. The lowest BCUT2D eigenvalue weighted by Gasteiger charge is -2.27. The highest BCUT2D eigenvalue weighted by Crippen LogP contribution is 2.35. The quantitative estimate of drug-likeness (QED) is 0.513. The summed E-state index contributed by atoms with van der Waals surface area (Å²) in [6.45, 7) is 2.15. The Bertz CT molecular complexity index is 637. The Morgan fingerprint density at radius 1 is 1.07 bits per heavy atom. The first kappa shape index (κ1) is 19.9. The van der Waals surface area contributed by atoms with Crippen LogP contribution >= 0.6 is 0 Å². The molecule has 1 aromatic carbocycles. The number of rotatable bonds is 8. The summed E-state index contributed by atoms with van der Waals surface area (Å²) in [5.41, 5.74) is 1.62. The Morgan fingerprint density at radius 3 is 2.44 bits per heavy atom. The van der Waals surface area contributed by atoms with Crippen LogP contribution in [0, 0.1) is 5.92 Å². The summed E-state index contributed by atoms with van der Waals surface area (Å²) in [6, 6.07) is 6.75. The first-order chi connectivity index (χ1) is 13.1. The number of aliphatic hydroxyl groups excluding tert-OH is 1. The molecule has 2 N–H and O–H groups in total. The topological polar surface area (TPSA) is 69.6 Å². The second-order valence-corrected chi connectivity index (χ2v) is 7.96. The molecule has 0 radical (unpaired) electrons. The lowest BCUT2D eigenvalue weighted by molar-refractivity contribution is -0.120. The van der Waals surface area contributed by atoms with E-state index >= 15 is 0 Å². The van der Waals surface area contributed by atoms with Gasteiger partial charge in [0, 0.05) is 5.69 Å². The Labute approximate surface area is 162 Å². The van der Waals surface area contributed by atoms with Gasteiger partial charge in [0.15, 0.2) is 0 Å². The van der Waals surface area contributed by atoms with Crippen molar-refractivity contribution >= 4 is 17.6 Å². The highest BCUT2D eigenvalue weighted by molar-refractivity contribution is 6.14. The third kappa shape index (κ3) is 4.70. The van der Waals surface area contributed by atoms with Crippen LogP contribution in [0.5, 0.6) is 0 Å². The second-order valence-electron chi connectivity index (χ2n) is 7.96. The van der Waals surface area contributed by atoms with Crippen molar-refractivity contribution in [3.8, 4) is 0 Å². The smallest absolute Gasteiger partial charge is 0.329 e. The minimum absolute atomic E-state index is 0.206. The number of anilines is 1. The third-order valence-corrected chi connectivity index (χ3v) is 6.00. The van der Waals surface area contributed by atoms with E-state index in [4.69, 9.17) is 0 Å². The van der Waals surface area contributed by atoms with Crippen molar-refractivity contribution in [3.63, 3.8) is 0 Å². The number of urea groups is 1. The fraction of sp³-hybridized carbons (Fsp3) is 0.636. The number of nitrogens with one attached hydrogen (secondary N) is 1. The van der Waals surface area contributed by atoms with Crippen molar-refractivity contribution in [2.75, 3.05) is 4.90 Å². The predicted octanol–water partition coefficient (Wildman–Crippen LogP) is 4.70. The van der Waals surface area contributed by atoms with Crippen LogP contribution in [0.4, 0.5) is 10.5 Å². The number of imide groups is 1. The molecule has 2 fully saturated rings. The van der Waals surface area contributed by atoms with Gasteiger partial charge in [-0.1, -0.05) is 64.0 Å². The van der Waals surface area contributed by atoms with E-state index in [2.05, 4.69) is 12.2 Å². The summed E-state index contributed by atoms with van der Waals surface area (Å²) in [5, 5.41) is 13.1. The molecule has 27 heavy (non-hydrogen) atoms. The van der Waals surface area contributed by atoms with E-state index in [-0.39, 0.29) is 11.9 Å². The van der Waals surface area contributed by atoms with Crippen LogP contribution in [0.2, 0.25) is 0 Å². The van der Waals surface area contributed by atoms with Gasteiger partial charge in [-0.3, -0.25) is 15.0 Å². The maximum absolute atomic E-state index is 12.3. The molecule has 0 aromatic heterocycles. The van der Waals surface area contributed by atoms with Gasteiger partial charge in [-0.25, -0.2) is 4.79 Å². The average molecular weight is 373 g/mol. The van der Waals surface area contributed by atoms with Crippen LogP contribution in [-0.2, 0) is 4.79 Å². The van der Waals surface area contributed by atoms with Gasteiger partial charge in [0.1, 0.15) is 6.04 Å². The molecule has 2 aliphatic rings. The Kier molecular flexibility index (Phi) is 6.89. The lowest BCUT2D eigenvalue weighted by atomic mass is 9.83. The van der Waals surface area contributed by atoms with Crippen molar-refractivity contribution in [3.05, 3.63) is 29.8 Å². The molecule has 1 saturated heterocycles. The minimum Gasteiger partial charge on any atom is -0.388 e. The average Bonchev–Trinajstić information content (AvgIpc) is 2.98. The molecule has 1 heterocycles. The van der Waals surface area contributed by atoms with E-state index in [9.17, 15) is 14.7 Å². The Balaban J connectivity index is 1.68. The van der Waals surface area contributed by atoms with Gasteiger partial charge in [-0.2, -0.15) is 0 Å². The van der Waals surface area contributed by atoms with Gasteiger partial charge in [0.2, 0.25) is 0 Å². The molecule has 1 aromatic rings. The number of carbonyl (C=O) groups excluding carboxylic acids is 2. The zero-order chi connectivity index (χ0) is 19.2. The number of aliphatic hydroxyl groups is 1. The second kappa shape index (κ2) is 9.36. The number of carbonyl (C=O) groups is 2. The zero-order valence-electron chi connectivity index (χ0n) is 16.3. The molecular formula is C22H32N2O3. The summed E-state index contributed by atoms with van der Waals surface area (Å²) >= 11 is 0. The normalized spacial score (nSPS) is 22.1. The first-order valence-corrected chi connectivity index (χ1v) is 10.5. The van der Waals surface area contributed by atoms with E-state index in [1.165, 1.54) is 19.3 Å². The summed E-state index contributed by atoms with van der Waals surface area (Å²) in [4.78, 5) is 26.1. The van der Waals surface area contributed by atoms with Crippen LogP contribution < -0.4 is 10.2 Å². The van der Waals surface area contributed by atoms with Crippen LogP contribution in [0.25, 0.3) is 0 Å². The fourth-order valence-corrected chi connectivity index (χ4v) is 4.38. The van der Waals surface area contributed by atoms with Crippen molar-refractivity contribution in [1.82, 2.24) is 5.32 Å². The molecule has 5 heteroatoms. The Hall–Kier alpha value is -1.88. The van der Waals surface area contributed by atoms with E-state index in [0.717, 1.165) is 49.8 Å². The highest BCUT2D eigenvalue weighted by Gasteiger charge is 2.38. The van der Waals surface area contributed by atoms with Crippen LogP contribution in [0.1, 0.15) is 82.8 Å².